The Balaban J connectivity index is 1.33. The normalized spacial score (nSPS) is 15.1. The molecule has 4 rings (SSSR count). The van der Waals surface area contributed by atoms with Gasteiger partial charge in [0.15, 0.2) is 5.96 Å². The van der Waals surface area contributed by atoms with Crippen LogP contribution in [0.5, 0.6) is 0 Å². The summed E-state index contributed by atoms with van der Waals surface area (Å²) >= 11 is 0. The van der Waals surface area contributed by atoms with E-state index in [1.807, 2.05) is 25.1 Å². The van der Waals surface area contributed by atoms with Crippen LogP contribution < -0.4 is 15.5 Å². The SMILES string of the molecule is CCNC(=NCc1coc(-c2ccc(C)cc2)n1)NC1CCN(c2cccc(C)n2)CC1. The third-order valence-electron chi connectivity index (χ3n) is 5.63. The molecular formula is C25H32N6O. The molecule has 0 unspecified atom stereocenters. The van der Waals surface area contributed by atoms with Crippen LogP contribution in [0.4, 0.5) is 5.82 Å². The number of nitrogens with zero attached hydrogens (tertiary/aromatic N) is 4. The van der Waals surface area contributed by atoms with Crippen molar-refractivity contribution in [2.45, 2.75) is 46.2 Å². The Morgan fingerprint density at radius 1 is 1.09 bits per heavy atom. The van der Waals surface area contributed by atoms with Gasteiger partial charge in [-0.25, -0.2) is 15.0 Å². The van der Waals surface area contributed by atoms with E-state index in [4.69, 9.17) is 9.41 Å². The molecule has 1 fully saturated rings. The van der Waals surface area contributed by atoms with Crippen molar-refractivity contribution in [1.82, 2.24) is 20.6 Å². The molecule has 0 aliphatic carbocycles. The average Bonchev–Trinajstić information content (AvgIpc) is 3.28. The van der Waals surface area contributed by atoms with E-state index in [9.17, 15) is 0 Å². The second kappa shape index (κ2) is 10.3. The van der Waals surface area contributed by atoms with Crippen molar-refractivity contribution in [3.05, 3.63) is 65.7 Å². The Hall–Kier alpha value is -3.35. The lowest BCUT2D eigenvalue weighted by molar-refractivity contribution is 0.459. The number of aliphatic imine (C=N–C) groups is 1. The molecule has 168 valence electrons. The first-order chi connectivity index (χ1) is 15.6. The molecule has 32 heavy (non-hydrogen) atoms. The van der Waals surface area contributed by atoms with Gasteiger partial charge in [-0.1, -0.05) is 23.8 Å². The Morgan fingerprint density at radius 2 is 1.88 bits per heavy atom. The molecule has 0 bridgehead atoms. The van der Waals surface area contributed by atoms with Crippen LogP contribution in [0, 0.1) is 13.8 Å². The van der Waals surface area contributed by atoms with E-state index in [1.54, 1.807) is 6.26 Å². The second-order valence-corrected chi connectivity index (χ2v) is 8.25. The van der Waals surface area contributed by atoms with Gasteiger partial charge in [-0.15, -0.1) is 0 Å². The van der Waals surface area contributed by atoms with Gasteiger partial charge < -0.3 is 20.0 Å². The molecule has 0 radical (unpaired) electrons. The maximum atomic E-state index is 5.66. The number of nitrogens with one attached hydrogen (secondary N) is 2. The van der Waals surface area contributed by atoms with E-state index in [2.05, 4.69) is 63.6 Å². The number of hydrogen-bond donors (Lipinski definition) is 2. The summed E-state index contributed by atoms with van der Waals surface area (Å²) < 4.78 is 5.66. The molecule has 7 heteroatoms. The molecule has 0 amide bonds. The Kier molecular flexibility index (Phi) is 7.04. The van der Waals surface area contributed by atoms with Crippen LogP contribution in [0.25, 0.3) is 11.5 Å². The largest absolute Gasteiger partial charge is 0.444 e. The van der Waals surface area contributed by atoms with Crippen LogP contribution in [0.15, 0.2) is 58.1 Å². The van der Waals surface area contributed by atoms with E-state index in [1.165, 1.54) is 5.56 Å². The molecule has 0 saturated carbocycles. The lowest BCUT2D eigenvalue weighted by Crippen LogP contribution is -2.48. The summed E-state index contributed by atoms with van der Waals surface area (Å²) in [5.74, 6) is 2.52. The van der Waals surface area contributed by atoms with Crippen LogP contribution in [0.2, 0.25) is 0 Å². The molecule has 1 aliphatic rings. The Labute approximate surface area is 190 Å². The smallest absolute Gasteiger partial charge is 0.226 e. The number of anilines is 1. The fourth-order valence-electron chi connectivity index (χ4n) is 3.84. The second-order valence-electron chi connectivity index (χ2n) is 8.25. The van der Waals surface area contributed by atoms with E-state index >= 15 is 0 Å². The summed E-state index contributed by atoms with van der Waals surface area (Å²) in [6, 6.07) is 14.8. The summed E-state index contributed by atoms with van der Waals surface area (Å²) in [5.41, 5.74) is 4.07. The van der Waals surface area contributed by atoms with Crippen LogP contribution in [-0.2, 0) is 6.54 Å². The highest BCUT2D eigenvalue weighted by atomic mass is 16.3. The highest BCUT2D eigenvalue weighted by Gasteiger charge is 2.21. The summed E-state index contributed by atoms with van der Waals surface area (Å²) in [6.45, 7) is 9.43. The van der Waals surface area contributed by atoms with Crippen molar-refractivity contribution in [3.8, 4) is 11.5 Å². The van der Waals surface area contributed by atoms with Crippen molar-refractivity contribution in [3.63, 3.8) is 0 Å². The molecule has 7 nitrogen and oxygen atoms in total. The number of guanidine groups is 1. The lowest BCUT2D eigenvalue weighted by atomic mass is 10.1. The molecule has 1 saturated heterocycles. The van der Waals surface area contributed by atoms with Crippen molar-refractivity contribution >= 4 is 11.8 Å². The van der Waals surface area contributed by atoms with Crippen LogP contribution in [0.1, 0.15) is 36.7 Å². The summed E-state index contributed by atoms with van der Waals surface area (Å²) in [4.78, 5) is 16.3. The number of rotatable bonds is 6. The standard InChI is InChI=1S/C25H32N6O/c1-4-26-25(27-16-22-17-32-24(29-22)20-10-8-18(2)9-11-20)30-21-12-14-31(15-13-21)23-7-5-6-19(3)28-23/h5-11,17,21H,4,12-16H2,1-3H3,(H2,26,27,30). The topological polar surface area (TPSA) is 78.6 Å². The van der Waals surface area contributed by atoms with Crippen LogP contribution in [-0.4, -0.2) is 41.6 Å². The summed E-state index contributed by atoms with van der Waals surface area (Å²) in [6.07, 6.45) is 3.78. The predicted octanol–water partition coefficient (Wildman–Crippen LogP) is 4.08. The molecule has 2 aromatic heterocycles. The zero-order valence-electron chi connectivity index (χ0n) is 19.1. The molecule has 1 aliphatic heterocycles. The zero-order valence-corrected chi connectivity index (χ0v) is 19.1. The third kappa shape index (κ3) is 5.66. The molecule has 2 N–H and O–H groups in total. The molecule has 3 aromatic rings. The fourth-order valence-corrected chi connectivity index (χ4v) is 3.84. The minimum absolute atomic E-state index is 0.384. The lowest BCUT2D eigenvalue weighted by Gasteiger charge is -2.34. The number of oxazole rings is 1. The van der Waals surface area contributed by atoms with Gasteiger partial charge >= 0.3 is 0 Å². The van der Waals surface area contributed by atoms with Gasteiger partial charge in [0.1, 0.15) is 17.8 Å². The van der Waals surface area contributed by atoms with Crippen molar-refractivity contribution in [1.29, 1.82) is 0 Å². The van der Waals surface area contributed by atoms with Gasteiger partial charge in [0.05, 0.1) is 6.54 Å². The van der Waals surface area contributed by atoms with E-state index in [0.29, 0.717) is 18.5 Å². The number of piperidine rings is 1. The first-order valence-corrected chi connectivity index (χ1v) is 11.4. The number of aryl methyl sites for hydroxylation is 2. The van der Waals surface area contributed by atoms with Crippen molar-refractivity contribution < 1.29 is 4.42 Å². The molecule has 1 aromatic carbocycles. The van der Waals surface area contributed by atoms with Gasteiger partial charge in [0.2, 0.25) is 5.89 Å². The van der Waals surface area contributed by atoms with Crippen molar-refractivity contribution in [2.75, 3.05) is 24.5 Å². The molecular weight excluding hydrogens is 400 g/mol. The first-order valence-electron chi connectivity index (χ1n) is 11.4. The molecule has 0 atom stereocenters. The molecule has 3 heterocycles. The number of benzene rings is 1. The monoisotopic (exact) mass is 432 g/mol. The van der Waals surface area contributed by atoms with Crippen LogP contribution in [0.3, 0.4) is 0 Å². The van der Waals surface area contributed by atoms with Crippen LogP contribution >= 0.6 is 0 Å². The number of pyridine rings is 1. The predicted molar refractivity (Wildman–Crippen MR) is 129 cm³/mol. The third-order valence-corrected chi connectivity index (χ3v) is 5.63. The number of aromatic nitrogens is 2. The zero-order chi connectivity index (χ0) is 22.3. The maximum absolute atomic E-state index is 5.66. The van der Waals surface area contributed by atoms with Gasteiger partial charge in [0.25, 0.3) is 0 Å². The number of hydrogen-bond acceptors (Lipinski definition) is 5. The van der Waals surface area contributed by atoms with Gasteiger partial charge in [-0.2, -0.15) is 0 Å². The maximum Gasteiger partial charge on any atom is 0.226 e. The Bertz CT molecular complexity index is 1030. The highest BCUT2D eigenvalue weighted by Crippen LogP contribution is 2.20. The van der Waals surface area contributed by atoms with Gasteiger partial charge in [-0.3, -0.25) is 0 Å². The minimum atomic E-state index is 0.384. The average molecular weight is 433 g/mol. The van der Waals surface area contributed by atoms with E-state index < -0.39 is 0 Å². The molecule has 0 spiro atoms. The van der Waals surface area contributed by atoms with E-state index in [-0.39, 0.29) is 0 Å². The van der Waals surface area contributed by atoms with E-state index in [0.717, 1.165) is 61.2 Å². The summed E-state index contributed by atoms with van der Waals surface area (Å²) in [5, 5.41) is 6.94. The van der Waals surface area contributed by atoms with Gasteiger partial charge in [0, 0.05) is 36.9 Å². The first kappa shape index (κ1) is 21.9. The van der Waals surface area contributed by atoms with Crippen molar-refractivity contribution in [2.24, 2.45) is 4.99 Å². The highest BCUT2D eigenvalue weighted by molar-refractivity contribution is 5.80. The Morgan fingerprint density at radius 3 is 2.59 bits per heavy atom. The summed E-state index contributed by atoms with van der Waals surface area (Å²) in [7, 11) is 0. The minimum Gasteiger partial charge on any atom is -0.444 e. The fraction of sp³-hybridized carbons (Fsp3) is 0.400. The van der Waals surface area contributed by atoms with Gasteiger partial charge in [-0.05, 0) is 57.9 Å². The quantitative estimate of drug-likeness (QED) is 0.451.